The molecule has 21 heavy (non-hydrogen) atoms. The zero-order valence-electron chi connectivity index (χ0n) is 12.7. The molecule has 1 aromatic heterocycles. The minimum Gasteiger partial charge on any atom is -0.342 e. The SMILES string of the molecule is CCC[C@H](NC(=O)c1ccccc1SC)c1nccn1C. The van der Waals surface area contributed by atoms with Crippen molar-refractivity contribution in [3.8, 4) is 0 Å². The minimum absolute atomic E-state index is 0.0404. The van der Waals surface area contributed by atoms with E-state index < -0.39 is 0 Å². The third-order valence-corrected chi connectivity index (χ3v) is 4.20. The molecule has 0 aliphatic heterocycles. The summed E-state index contributed by atoms with van der Waals surface area (Å²) in [4.78, 5) is 17.9. The van der Waals surface area contributed by atoms with E-state index >= 15 is 0 Å². The third-order valence-electron chi connectivity index (χ3n) is 3.40. The Kier molecular flexibility index (Phi) is 5.44. The average Bonchev–Trinajstić information content (AvgIpc) is 2.92. The molecule has 1 atom stereocenters. The highest BCUT2D eigenvalue weighted by Crippen LogP contribution is 2.22. The summed E-state index contributed by atoms with van der Waals surface area (Å²) in [6, 6.07) is 7.62. The number of thioether (sulfide) groups is 1. The van der Waals surface area contributed by atoms with Crippen LogP contribution in [0.2, 0.25) is 0 Å². The van der Waals surface area contributed by atoms with Gasteiger partial charge in [-0.2, -0.15) is 0 Å². The van der Waals surface area contributed by atoms with Crippen LogP contribution < -0.4 is 5.32 Å². The van der Waals surface area contributed by atoms with Crippen LogP contribution in [0.15, 0.2) is 41.6 Å². The molecule has 112 valence electrons. The molecule has 1 heterocycles. The predicted octanol–water partition coefficient (Wildman–Crippen LogP) is 3.41. The number of nitrogens with zero attached hydrogens (tertiary/aromatic N) is 2. The molecule has 0 radical (unpaired) electrons. The Hall–Kier alpha value is -1.75. The van der Waals surface area contributed by atoms with E-state index in [4.69, 9.17) is 0 Å². The summed E-state index contributed by atoms with van der Waals surface area (Å²) in [6.07, 6.45) is 7.51. The van der Waals surface area contributed by atoms with Crippen LogP contribution in [0, 0.1) is 0 Å². The van der Waals surface area contributed by atoms with Crippen molar-refractivity contribution in [2.24, 2.45) is 7.05 Å². The number of aromatic nitrogens is 2. The number of hydrogen-bond donors (Lipinski definition) is 1. The van der Waals surface area contributed by atoms with E-state index in [0.29, 0.717) is 0 Å². The standard InChI is InChI=1S/C16H21N3OS/c1-4-7-13(15-17-10-11-19(15)2)18-16(20)12-8-5-6-9-14(12)21-3/h5-6,8-11,13H,4,7H2,1-3H3,(H,18,20)/t13-/m0/s1. The second-order valence-corrected chi connectivity index (χ2v) is 5.76. The lowest BCUT2D eigenvalue weighted by Gasteiger charge is -2.18. The quantitative estimate of drug-likeness (QED) is 0.832. The van der Waals surface area contributed by atoms with Crippen molar-refractivity contribution in [1.29, 1.82) is 0 Å². The van der Waals surface area contributed by atoms with Gasteiger partial charge in [0.2, 0.25) is 0 Å². The van der Waals surface area contributed by atoms with E-state index in [-0.39, 0.29) is 11.9 Å². The van der Waals surface area contributed by atoms with Crippen LogP contribution in [-0.2, 0) is 7.05 Å². The van der Waals surface area contributed by atoms with Crippen LogP contribution in [0.3, 0.4) is 0 Å². The third kappa shape index (κ3) is 3.67. The van der Waals surface area contributed by atoms with Gasteiger partial charge in [-0.3, -0.25) is 4.79 Å². The van der Waals surface area contributed by atoms with Gasteiger partial charge in [0.1, 0.15) is 5.82 Å². The van der Waals surface area contributed by atoms with Gasteiger partial charge < -0.3 is 9.88 Å². The minimum atomic E-state index is -0.0580. The van der Waals surface area contributed by atoms with Gasteiger partial charge in [-0.05, 0) is 24.8 Å². The molecule has 5 heteroatoms. The molecule has 0 unspecified atom stereocenters. The normalized spacial score (nSPS) is 12.1. The molecule has 1 amide bonds. The molecule has 0 saturated heterocycles. The topological polar surface area (TPSA) is 46.9 Å². The Morgan fingerprint density at radius 2 is 2.19 bits per heavy atom. The molecule has 2 rings (SSSR count). The highest BCUT2D eigenvalue weighted by molar-refractivity contribution is 7.98. The second kappa shape index (κ2) is 7.31. The number of rotatable bonds is 6. The molecule has 2 aromatic rings. The predicted molar refractivity (Wildman–Crippen MR) is 86.5 cm³/mol. The molecule has 1 aromatic carbocycles. The van der Waals surface area contributed by atoms with Gasteiger partial charge in [-0.1, -0.05) is 25.5 Å². The Morgan fingerprint density at radius 3 is 2.81 bits per heavy atom. The van der Waals surface area contributed by atoms with Crippen molar-refractivity contribution < 1.29 is 4.79 Å². The number of imidazole rings is 1. The summed E-state index contributed by atoms with van der Waals surface area (Å²) >= 11 is 1.58. The van der Waals surface area contributed by atoms with E-state index in [1.807, 2.05) is 48.3 Å². The summed E-state index contributed by atoms with van der Waals surface area (Å²) in [5, 5.41) is 3.12. The second-order valence-electron chi connectivity index (χ2n) is 4.91. The summed E-state index contributed by atoms with van der Waals surface area (Å²) < 4.78 is 1.96. The van der Waals surface area contributed by atoms with Gasteiger partial charge in [-0.25, -0.2) is 4.98 Å². The molecule has 0 bridgehead atoms. The fourth-order valence-corrected chi connectivity index (χ4v) is 2.93. The highest BCUT2D eigenvalue weighted by Gasteiger charge is 2.19. The Bertz CT molecular complexity index is 609. The van der Waals surface area contributed by atoms with Gasteiger partial charge in [0.15, 0.2) is 0 Å². The van der Waals surface area contributed by atoms with Crippen molar-refractivity contribution in [1.82, 2.24) is 14.9 Å². The fourth-order valence-electron chi connectivity index (χ4n) is 2.34. The van der Waals surface area contributed by atoms with E-state index in [0.717, 1.165) is 29.1 Å². The average molecular weight is 303 g/mol. The van der Waals surface area contributed by atoms with Crippen LogP contribution in [0.5, 0.6) is 0 Å². The monoisotopic (exact) mass is 303 g/mol. The first-order valence-corrected chi connectivity index (χ1v) is 8.31. The Morgan fingerprint density at radius 1 is 1.43 bits per heavy atom. The van der Waals surface area contributed by atoms with E-state index in [1.165, 1.54) is 0 Å². The van der Waals surface area contributed by atoms with Crippen molar-refractivity contribution in [2.75, 3.05) is 6.26 Å². The Labute approximate surface area is 130 Å². The maximum Gasteiger partial charge on any atom is 0.253 e. The van der Waals surface area contributed by atoms with E-state index in [2.05, 4.69) is 17.2 Å². The maximum absolute atomic E-state index is 12.6. The molecule has 0 spiro atoms. The number of carbonyl (C=O) groups is 1. The summed E-state index contributed by atoms with van der Waals surface area (Å²) in [5.41, 5.74) is 0.723. The lowest BCUT2D eigenvalue weighted by molar-refractivity contribution is 0.0929. The number of aryl methyl sites for hydroxylation is 1. The first kappa shape index (κ1) is 15.6. The first-order valence-electron chi connectivity index (χ1n) is 7.08. The fraction of sp³-hybridized carbons (Fsp3) is 0.375. The van der Waals surface area contributed by atoms with Gasteiger partial charge in [0.25, 0.3) is 5.91 Å². The van der Waals surface area contributed by atoms with Crippen molar-refractivity contribution in [3.05, 3.63) is 48.0 Å². The number of amides is 1. The van der Waals surface area contributed by atoms with Crippen LogP contribution in [-0.4, -0.2) is 21.7 Å². The molecule has 0 aliphatic rings. The van der Waals surface area contributed by atoms with Crippen molar-refractivity contribution in [3.63, 3.8) is 0 Å². The number of carbonyl (C=O) groups excluding carboxylic acids is 1. The zero-order chi connectivity index (χ0) is 15.2. The number of hydrogen-bond acceptors (Lipinski definition) is 3. The molecular weight excluding hydrogens is 282 g/mol. The van der Waals surface area contributed by atoms with Crippen LogP contribution in [0.4, 0.5) is 0 Å². The number of nitrogens with one attached hydrogen (secondary N) is 1. The highest BCUT2D eigenvalue weighted by atomic mass is 32.2. The lowest BCUT2D eigenvalue weighted by atomic mass is 10.1. The van der Waals surface area contributed by atoms with Crippen LogP contribution in [0.25, 0.3) is 0 Å². The van der Waals surface area contributed by atoms with Gasteiger partial charge in [-0.15, -0.1) is 11.8 Å². The zero-order valence-corrected chi connectivity index (χ0v) is 13.5. The molecule has 0 aliphatic carbocycles. The van der Waals surface area contributed by atoms with Gasteiger partial charge >= 0.3 is 0 Å². The summed E-state index contributed by atoms with van der Waals surface area (Å²) in [6.45, 7) is 2.11. The summed E-state index contributed by atoms with van der Waals surface area (Å²) in [7, 11) is 1.95. The molecule has 4 nitrogen and oxygen atoms in total. The van der Waals surface area contributed by atoms with Crippen LogP contribution in [0.1, 0.15) is 42.0 Å². The van der Waals surface area contributed by atoms with Gasteiger partial charge in [0, 0.05) is 24.3 Å². The Balaban J connectivity index is 2.21. The van der Waals surface area contributed by atoms with Gasteiger partial charge in [0.05, 0.1) is 11.6 Å². The molecule has 0 fully saturated rings. The van der Waals surface area contributed by atoms with Crippen LogP contribution >= 0.6 is 11.8 Å². The maximum atomic E-state index is 12.6. The van der Waals surface area contributed by atoms with E-state index in [9.17, 15) is 4.79 Å². The molecule has 1 N–H and O–H groups in total. The molecule has 0 saturated carbocycles. The lowest BCUT2D eigenvalue weighted by Crippen LogP contribution is -2.30. The van der Waals surface area contributed by atoms with Crippen molar-refractivity contribution in [2.45, 2.75) is 30.7 Å². The van der Waals surface area contributed by atoms with E-state index in [1.54, 1.807) is 18.0 Å². The molecular formula is C16H21N3OS. The number of benzene rings is 1. The smallest absolute Gasteiger partial charge is 0.253 e. The first-order chi connectivity index (χ1) is 10.2. The largest absolute Gasteiger partial charge is 0.342 e. The van der Waals surface area contributed by atoms with Crippen molar-refractivity contribution >= 4 is 17.7 Å². The summed E-state index contributed by atoms with van der Waals surface area (Å²) in [5.74, 6) is 0.855.